The number of piperidine rings is 1. The van der Waals surface area contributed by atoms with Crippen molar-refractivity contribution < 1.29 is 37.7 Å². The zero-order valence-corrected chi connectivity index (χ0v) is 19.6. The first kappa shape index (κ1) is 25.9. The maximum absolute atomic E-state index is 13.7. The number of halogens is 2. The molecule has 2 aromatic carbocycles. The topological polar surface area (TPSA) is 105 Å². The SMILES string of the molecule is COc1cc(F)c(F)cc1-c1ccc(OCC2CCCN(C(=O)C(CC(=O)O)NC(C)=O)C2)cc1. The molecule has 35 heavy (non-hydrogen) atoms. The number of nitrogens with one attached hydrogen (secondary N) is 1. The number of nitrogens with zero attached hydrogens (tertiary/aromatic N) is 1. The molecule has 1 heterocycles. The van der Waals surface area contributed by atoms with Crippen molar-refractivity contribution >= 4 is 17.8 Å². The maximum Gasteiger partial charge on any atom is 0.305 e. The monoisotopic (exact) mass is 490 g/mol. The molecule has 0 saturated carbocycles. The Hall–Kier alpha value is -3.69. The predicted octanol–water partition coefficient (Wildman–Crippen LogP) is 3.24. The summed E-state index contributed by atoms with van der Waals surface area (Å²) in [5, 5.41) is 11.5. The highest BCUT2D eigenvalue weighted by atomic mass is 19.2. The van der Waals surface area contributed by atoms with E-state index < -0.39 is 41.9 Å². The lowest BCUT2D eigenvalue weighted by molar-refractivity contribution is -0.144. The summed E-state index contributed by atoms with van der Waals surface area (Å²) in [5.41, 5.74) is 1.04. The van der Waals surface area contributed by atoms with Gasteiger partial charge in [-0.1, -0.05) is 12.1 Å². The summed E-state index contributed by atoms with van der Waals surface area (Å²) < 4.78 is 38.3. The zero-order valence-electron chi connectivity index (χ0n) is 19.6. The van der Waals surface area contributed by atoms with Gasteiger partial charge in [0, 0.05) is 37.6 Å². The van der Waals surface area contributed by atoms with Crippen LogP contribution in [0, 0.1) is 17.6 Å². The van der Waals surface area contributed by atoms with Gasteiger partial charge in [-0.25, -0.2) is 8.78 Å². The van der Waals surface area contributed by atoms with Gasteiger partial charge in [-0.05, 0) is 36.6 Å². The molecular weight excluding hydrogens is 462 g/mol. The summed E-state index contributed by atoms with van der Waals surface area (Å²) in [7, 11) is 1.38. The molecule has 2 unspecified atom stereocenters. The molecule has 8 nitrogen and oxygen atoms in total. The third-order valence-electron chi connectivity index (χ3n) is 5.78. The zero-order chi connectivity index (χ0) is 25.5. The van der Waals surface area contributed by atoms with Crippen LogP contribution in [0.3, 0.4) is 0 Å². The summed E-state index contributed by atoms with van der Waals surface area (Å²) in [6.45, 7) is 2.44. The van der Waals surface area contributed by atoms with Crippen molar-refractivity contribution in [2.45, 2.75) is 32.2 Å². The van der Waals surface area contributed by atoms with Crippen molar-refractivity contribution in [3.8, 4) is 22.6 Å². The lowest BCUT2D eigenvalue weighted by Gasteiger charge is -2.34. The molecule has 3 rings (SSSR count). The fourth-order valence-corrected chi connectivity index (χ4v) is 4.11. The number of amides is 2. The Balaban J connectivity index is 1.61. The van der Waals surface area contributed by atoms with Crippen molar-refractivity contribution in [1.29, 1.82) is 0 Å². The highest BCUT2D eigenvalue weighted by Gasteiger charge is 2.31. The standard InChI is InChI=1S/C25H28F2N2O6/c1-15(30)28-22(12-24(31)32)25(33)29-9-3-4-16(13-29)14-35-18-7-5-17(6-8-18)19-10-20(26)21(27)11-23(19)34-2/h5-8,10-11,16,22H,3-4,9,12-14H2,1-2H3,(H,28,30)(H,31,32). The van der Waals surface area contributed by atoms with Gasteiger partial charge in [0.1, 0.15) is 17.5 Å². The molecule has 2 aromatic rings. The van der Waals surface area contributed by atoms with Crippen molar-refractivity contribution in [2.24, 2.45) is 5.92 Å². The van der Waals surface area contributed by atoms with Gasteiger partial charge in [-0.15, -0.1) is 0 Å². The average molecular weight is 491 g/mol. The van der Waals surface area contributed by atoms with E-state index in [1.165, 1.54) is 14.0 Å². The highest BCUT2D eigenvalue weighted by Crippen LogP contribution is 2.33. The van der Waals surface area contributed by atoms with Crippen LogP contribution in [0.4, 0.5) is 8.78 Å². The molecule has 1 aliphatic heterocycles. The molecule has 1 fully saturated rings. The predicted molar refractivity (Wildman–Crippen MR) is 123 cm³/mol. The average Bonchev–Trinajstić information content (AvgIpc) is 2.83. The molecule has 1 aliphatic rings. The number of ether oxygens (including phenoxy) is 2. The van der Waals surface area contributed by atoms with Crippen LogP contribution in [-0.4, -0.2) is 60.6 Å². The summed E-state index contributed by atoms with van der Waals surface area (Å²) in [6.07, 6.45) is 1.08. The molecule has 2 atom stereocenters. The number of hydrogen-bond acceptors (Lipinski definition) is 5. The largest absolute Gasteiger partial charge is 0.496 e. The molecule has 0 aliphatic carbocycles. The number of carboxylic acids is 1. The Labute approximate surface area is 201 Å². The minimum atomic E-state index is -1.17. The first-order valence-corrected chi connectivity index (χ1v) is 11.2. The minimum absolute atomic E-state index is 0.0291. The fourth-order valence-electron chi connectivity index (χ4n) is 4.11. The second kappa shape index (κ2) is 11.6. The fraction of sp³-hybridized carbons (Fsp3) is 0.400. The first-order valence-electron chi connectivity index (χ1n) is 11.2. The number of aliphatic carboxylic acids is 1. The van der Waals surface area contributed by atoms with Crippen LogP contribution in [0.1, 0.15) is 26.2 Å². The summed E-state index contributed by atoms with van der Waals surface area (Å²) in [4.78, 5) is 36.9. The van der Waals surface area contributed by atoms with E-state index in [1.807, 2.05) is 0 Å². The van der Waals surface area contributed by atoms with Crippen molar-refractivity contribution in [1.82, 2.24) is 10.2 Å². The van der Waals surface area contributed by atoms with Gasteiger partial charge < -0.3 is 24.8 Å². The number of carbonyl (C=O) groups is 3. The van der Waals surface area contributed by atoms with E-state index in [2.05, 4.69) is 5.32 Å². The van der Waals surface area contributed by atoms with Crippen LogP contribution in [0.15, 0.2) is 36.4 Å². The summed E-state index contributed by atoms with van der Waals surface area (Å²) >= 11 is 0. The minimum Gasteiger partial charge on any atom is -0.496 e. The number of methoxy groups -OCH3 is 1. The summed E-state index contributed by atoms with van der Waals surface area (Å²) in [5.74, 6) is -3.20. The van der Waals surface area contributed by atoms with Crippen LogP contribution in [-0.2, 0) is 14.4 Å². The van der Waals surface area contributed by atoms with Gasteiger partial charge in [0.15, 0.2) is 11.6 Å². The molecule has 0 bridgehead atoms. The molecule has 2 N–H and O–H groups in total. The number of likely N-dealkylation sites (tertiary alicyclic amines) is 1. The lowest BCUT2D eigenvalue weighted by atomic mass is 9.98. The Bertz CT molecular complexity index is 1060. The van der Waals surface area contributed by atoms with E-state index in [0.29, 0.717) is 36.6 Å². The number of hydrogen-bond donors (Lipinski definition) is 2. The van der Waals surface area contributed by atoms with Gasteiger partial charge in [-0.3, -0.25) is 14.4 Å². The quantitative estimate of drug-likeness (QED) is 0.559. The highest BCUT2D eigenvalue weighted by molar-refractivity contribution is 5.90. The van der Waals surface area contributed by atoms with E-state index in [9.17, 15) is 23.2 Å². The normalized spacial score (nSPS) is 16.3. The van der Waals surface area contributed by atoms with Gasteiger partial charge in [0.25, 0.3) is 0 Å². The van der Waals surface area contributed by atoms with Crippen molar-refractivity contribution in [3.63, 3.8) is 0 Å². The lowest BCUT2D eigenvalue weighted by Crippen LogP contribution is -2.52. The van der Waals surface area contributed by atoms with Crippen LogP contribution in [0.25, 0.3) is 11.1 Å². The Morgan fingerprint density at radius 1 is 1.17 bits per heavy atom. The van der Waals surface area contributed by atoms with Crippen molar-refractivity contribution in [3.05, 3.63) is 48.0 Å². The molecule has 188 valence electrons. The first-order chi connectivity index (χ1) is 16.7. The molecular formula is C25H28F2N2O6. The Kier molecular flexibility index (Phi) is 8.62. The van der Waals surface area contributed by atoms with Crippen molar-refractivity contribution in [2.75, 3.05) is 26.8 Å². The summed E-state index contributed by atoms with van der Waals surface area (Å²) in [6, 6.07) is 7.82. The van der Waals surface area contributed by atoms with E-state index >= 15 is 0 Å². The molecule has 0 spiro atoms. The van der Waals surface area contributed by atoms with E-state index in [4.69, 9.17) is 14.6 Å². The van der Waals surface area contributed by atoms with Gasteiger partial charge in [0.2, 0.25) is 11.8 Å². The van der Waals surface area contributed by atoms with Crippen LogP contribution in [0.5, 0.6) is 11.5 Å². The number of benzene rings is 2. The Morgan fingerprint density at radius 3 is 2.49 bits per heavy atom. The van der Waals surface area contributed by atoms with Gasteiger partial charge in [-0.2, -0.15) is 0 Å². The smallest absolute Gasteiger partial charge is 0.305 e. The van der Waals surface area contributed by atoms with Gasteiger partial charge >= 0.3 is 5.97 Å². The molecule has 2 amide bonds. The third kappa shape index (κ3) is 6.91. The van der Waals surface area contributed by atoms with E-state index in [1.54, 1.807) is 29.2 Å². The number of carbonyl (C=O) groups excluding carboxylic acids is 2. The Morgan fingerprint density at radius 2 is 1.86 bits per heavy atom. The maximum atomic E-state index is 13.7. The van der Waals surface area contributed by atoms with Gasteiger partial charge in [0.05, 0.1) is 20.1 Å². The number of rotatable bonds is 9. The van der Waals surface area contributed by atoms with Crippen LogP contribution in [0.2, 0.25) is 0 Å². The van der Waals surface area contributed by atoms with Crippen LogP contribution < -0.4 is 14.8 Å². The molecule has 0 radical (unpaired) electrons. The van der Waals surface area contributed by atoms with E-state index in [-0.39, 0.29) is 11.7 Å². The second-order valence-corrected chi connectivity index (χ2v) is 8.45. The van der Waals surface area contributed by atoms with E-state index in [0.717, 1.165) is 25.0 Å². The molecule has 1 saturated heterocycles. The van der Waals surface area contributed by atoms with Crippen LogP contribution >= 0.6 is 0 Å². The molecule has 10 heteroatoms. The molecule has 0 aromatic heterocycles. The second-order valence-electron chi connectivity index (χ2n) is 8.45. The number of carboxylic acid groups (broad SMARTS) is 1. The third-order valence-corrected chi connectivity index (χ3v) is 5.78.